The summed E-state index contributed by atoms with van der Waals surface area (Å²) >= 11 is 1.25. The number of aryl methyl sites for hydroxylation is 1. The highest BCUT2D eigenvalue weighted by Gasteiger charge is 1.99. The fraction of sp³-hybridized carbons (Fsp3) is 0.250. The number of hydrogen-bond acceptors (Lipinski definition) is 3. The maximum atomic E-state index is 10.7. The molecule has 0 fully saturated rings. The quantitative estimate of drug-likeness (QED) is 0.854. The zero-order valence-electron chi connectivity index (χ0n) is 8.86. The molecule has 0 aliphatic carbocycles. The monoisotopic (exact) mass is 222 g/mol. The highest BCUT2D eigenvalue weighted by molar-refractivity contribution is 8.13. The van der Waals surface area contributed by atoms with E-state index in [1.807, 2.05) is 37.3 Å². The first kappa shape index (κ1) is 11.9. The van der Waals surface area contributed by atoms with Crippen LogP contribution in [0.5, 0.6) is 5.75 Å². The molecule has 0 amide bonds. The molecule has 0 aromatic heterocycles. The summed E-state index contributed by atoms with van der Waals surface area (Å²) in [6, 6.07) is 5.60. The Morgan fingerprint density at radius 1 is 1.53 bits per heavy atom. The van der Waals surface area contributed by atoms with Crippen molar-refractivity contribution in [2.75, 3.05) is 5.75 Å². The van der Waals surface area contributed by atoms with Crippen molar-refractivity contribution in [3.8, 4) is 5.75 Å². The number of benzene rings is 1. The molecule has 0 heterocycles. The highest BCUT2D eigenvalue weighted by atomic mass is 32.2. The summed E-state index contributed by atoms with van der Waals surface area (Å²) in [6.45, 7) is 3.40. The summed E-state index contributed by atoms with van der Waals surface area (Å²) in [7, 11) is 0. The van der Waals surface area contributed by atoms with Gasteiger partial charge in [0.2, 0.25) is 0 Å². The van der Waals surface area contributed by atoms with E-state index in [-0.39, 0.29) is 5.12 Å². The van der Waals surface area contributed by atoms with Crippen molar-refractivity contribution in [2.45, 2.75) is 13.8 Å². The molecule has 2 nitrogen and oxygen atoms in total. The van der Waals surface area contributed by atoms with Crippen molar-refractivity contribution in [3.05, 3.63) is 35.4 Å². The topological polar surface area (TPSA) is 37.3 Å². The Morgan fingerprint density at radius 2 is 2.27 bits per heavy atom. The molecule has 0 saturated carbocycles. The molecular formula is C12H14O2S. The van der Waals surface area contributed by atoms with Crippen LogP contribution >= 0.6 is 11.8 Å². The normalized spacial score (nSPS) is 10.8. The Labute approximate surface area is 94.0 Å². The average Bonchev–Trinajstić information content (AvgIpc) is 2.18. The van der Waals surface area contributed by atoms with Gasteiger partial charge in [-0.1, -0.05) is 42.1 Å². The summed E-state index contributed by atoms with van der Waals surface area (Å²) in [5.41, 5.74) is 1.65. The molecule has 0 radical (unpaired) electrons. The molecule has 1 aromatic carbocycles. The van der Waals surface area contributed by atoms with Crippen LogP contribution in [0.1, 0.15) is 18.1 Å². The molecular weight excluding hydrogens is 208 g/mol. The SMILES string of the molecule is CC(=O)SCC=Cc1cccc(C)c1O. The first-order chi connectivity index (χ1) is 7.11. The number of para-hydroxylation sites is 1. The van der Waals surface area contributed by atoms with Gasteiger partial charge in [0.05, 0.1) is 0 Å². The maximum Gasteiger partial charge on any atom is 0.186 e. The minimum Gasteiger partial charge on any atom is -0.507 e. The first-order valence-electron chi connectivity index (χ1n) is 4.69. The van der Waals surface area contributed by atoms with E-state index < -0.39 is 0 Å². The molecule has 0 atom stereocenters. The summed E-state index contributed by atoms with van der Waals surface area (Å²) in [6.07, 6.45) is 3.71. The molecule has 0 unspecified atom stereocenters. The fourth-order valence-corrected chi connectivity index (χ4v) is 1.58. The molecule has 1 aromatic rings. The van der Waals surface area contributed by atoms with Gasteiger partial charge in [0.15, 0.2) is 5.12 Å². The number of phenols is 1. The third-order valence-electron chi connectivity index (χ3n) is 1.95. The van der Waals surface area contributed by atoms with Crippen LogP contribution in [0.15, 0.2) is 24.3 Å². The van der Waals surface area contributed by atoms with Crippen LogP contribution in [-0.4, -0.2) is 16.0 Å². The van der Waals surface area contributed by atoms with Gasteiger partial charge in [-0.15, -0.1) is 0 Å². The van der Waals surface area contributed by atoms with Crippen molar-refractivity contribution in [1.82, 2.24) is 0 Å². The van der Waals surface area contributed by atoms with Gasteiger partial charge in [0.1, 0.15) is 5.75 Å². The van der Waals surface area contributed by atoms with E-state index in [2.05, 4.69) is 0 Å². The Bertz CT molecular complexity index is 383. The zero-order chi connectivity index (χ0) is 11.3. The van der Waals surface area contributed by atoms with Crippen molar-refractivity contribution in [2.24, 2.45) is 0 Å². The molecule has 0 aliphatic rings. The predicted molar refractivity (Wildman–Crippen MR) is 65.0 cm³/mol. The van der Waals surface area contributed by atoms with E-state index in [1.165, 1.54) is 11.8 Å². The molecule has 0 bridgehead atoms. The highest BCUT2D eigenvalue weighted by Crippen LogP contribution is 2.22. The standard InChI is InChI=1S/C12H14O2S/c1-9-5-3-6-11(12(9)14)7-4-8-15-10(2)13/h3-7,14H,8H2,1-2H3. The largest absolute Gasteiger partial charge is 0.507 e. The summed E-state index contributed by atoms with van der Waals surface area (Å²) in [4.78, 5) is 10.7. The van der Waals surface area contributed by atoms with E-state index in [1.54, 1.807) is 6.92 Å². The third-order valence-corrected chi connectivity index (χ3v) is 2.71. The molecule has 1 N–H and O–H groups in total. The van der Waals surface area contributed by atoms with Gasteiger partial charge in [-0.25, -0.2) is 0 Å². The van der Waals surface area contributed by atoms with Crippen LogP contribution in [0.3, 0.4) is 0 Å². The lowest BCUT2D eigenvalue weighted by Crippen LogP contribution is -1.82. The van der Waals surface area contributed by atoms with E-state index in [9.17, 15) is 9.90 Å². The fourth-order valence-electron chi connectivity index (χ4n) is 1.16. The predicted octanol–water partition coefficient (Wildman–Crippen LogP) is 2.99. The minimum atomic E-state index is 0.105. The number of thioether (sulfide) groups is 1. The second kappa shape index (κ2) is 5.61. The van der Waals surface area contributed by atoms with Crippen molar-refractivity contribution < 1.29 is 9.90 Å². The number of carbonyl (C=O) groups excluding carboxylic acids is 1. The first-order valence-corrected chi connectivity index (χ1v) is 5.68. The van der Waals surface area contributed by atoms with Crippen LogP contribution in [0.25, 0.3) is 6.08 Å². The van der Waals surface area contributed by atoms with Gasteiger partial charge in [-0.05, 0) is 12.5 Å². The van der Waals surface area contributed by atoms with Crippen LogP contribution < -0.4 is 0 Å². The lowest BCUT2D eigenvalue weighted by Gasteiger charge is -2.01. The summed E-state index contributed by atoms with van der Waals surface area (Å²) < 4.78 is 0. The minimum absolute atomic E-state index is 0.105. The van der Waals surface area contributed by atoms with Crippen LogP contribution in [0.2, 0.25) is 0 Å². The second-order valence-electron chi connectivity index (χ2n) is 3.22. The van der Waals surface area contributed by atoms with Gasteiger partial charge in [-0.3, -0.25) is 4.79 Å². The Morgan fingerprint density at radius 3 is 2.93 bits per heavy atom. The van der Waals surface area contributed by atoms with Gasteiger partial charge >= 0.3 is 0 Å². The molecule has 1 rings (SSSR count). The van der Waals surface area contributed by atoms with Gasteiger partial charge in [0.25, 0.3) is 0 Å². The zero-order valence-corrected chi connectivity index (χ0v) is 9.67. The van der Waals surface area contributed by atoms with Crippen LogP contribution in [0.4, 0.5) is 0 Å². The van der Waals surface area contributed by atoms with Crippen LogP contribution in [0, 0.1) is 6.92 Å². The molecule has 15 heavy (non-hydrogen) atoms. The molecule has 0 saturated heterocycles. The smallest absolute Gasteiger partial charge is 0.186 e. The van der Waals surface area contributed by atoms with Gasteiger partial charge < -0.3 is 5.11 Å². The average molecular weight is 222 g/mol. The Hall–Kier alpha value is -1.22. The van der Waals surface area contributed by atoms with Crippen molar-refractivity contribution in [1.29, 1.82) is 0 Å². The number of aromatic hydroxyl groups is 1. The second-order valence-corrected chi connectivity index (χ2v) is 4.41. The van der Waals surface area contributed by atoms with E-state index in [0.29, 0.717) is 11.5 Å². The maximum absolute atomic E-state index is 10.7. The Balaban J connectivity index is 2.64. The van der Waals surface area contributed by atoms with Gasteiger partial charge in [0, 0.05) is 18.2 Å². The van der Waals surface area contributed by atoms with E-state index in [4.69, 9.17) is 0 Å². The molecule has 80 valence electrons. The Kier molecular flexibility index (Phi) is 4.43. The lowest BCUT2D eigenvalue weighted by atomic mass is 10.1. The van der Waals surface area contributed by atoms with Crippen molar-refractivity contribution >= 4 is 23.0 Å². The molecule has 3 heteroatoms. The summed E-state index contributed by atoms with van der Waals surface area (Å²) in [5.74, 6) is 0.949. The van der Waals surface area contributed by atoms with Crippen molar-refractivity contribution in [3.63, 3.8) is 0 Å². The molecule has 0 aliphatic heterocycles. The number of hydrogen-bond donors (Lipinski definition) is 1. The third kappa shape index (κ3) is 3.80. The molecule has 0 spiro atoms. The van der Waals surface area contributed by atoms with Crippen LogP contribution in [-0.2, 0) is 4.79 Å². The van der Waals surface area contributed by atoms with E-state index >= 15 is 0 Å². The number of rotatable bonds is 3. The summed E-state index contributed by atoms with van der Waals surface area (Å²) in [5, 5.41) is 9.79. The van der Waals surface area contributed by atoms with E-state index in [0.717, 1.165) is 11.1 Å². The number of phenolic OH excluding ortho intramolecular Hbond substituents is 1. The lowest BCUT2D eigenvalue weighted by molar-refractivity contribution is -0.109. The van der Waals surface area contributed by atoms with Gasteiger partial charge in [-0.2, -0.15) is 0 Å². The number of carbonyl (C=O) groups is 1.